The number of amides is 2. The molecular weight excluding hydrogens is 310 g/mol. The molecule has 1 aromatic rings. The van der Waals surface area contributed by atoms with E-state index >= 15 is 0 Å². The smallest absolute Gasteiger partial charge is 0.328 e. The van der Waals surface area contributed by atoms with Crippen molar-refractivity contribution < 1.29 is 19.1 Å². The lowest BCUT2D eigenvalue weighted by Crippen LogP contribution is -2.39. The molecule has 0 saturated carbocycles. The average molecular weight is 335 g/mol. The van der Waals surface area contributed by atoms with E-state index in [0.717, 1.165) is 13.0 Å². The maximum Gasteiger partial charge on any atom is 0.328 e. The van der Waals surface area contributed by atoms with Crippen molar-refractivity contribution in [3.63, 3.8) is 0 Å². The van der Waals surface area contributed by atoms with Crippen LogP contribution in [0.2, 0.25) is 0 Å². The molecular formula is C17H25N3O4. The molecule has 1 rings (SSSR count). The van der Waals surface area contributed by atoms with Crippen LogP contribution >= 0.6 is 0 Å². The number of nitrogens with one attached hydrogen (secondary N) is 3. The first-order valence-electron chi connectivity index (χ1n) is 8.00. The molecule has 0 bridgehead atoms. The molecule has 0 fully saturated rings. The first-order valence-corrected chi connectivity index (χ1v) is 8.00. The molecule has 7 nitrogen and oxygen atoms in total. The summed E-state index contributed by atoms with van der Waals surface area (Å²) in [7, 11) is 1.84. The van der Waals surface area contributed by atoms with Gasteiger partial charge in [-0.3, -0.25) is 9.59 Å². The molecule has 0 heterocycles. The number of carbonyl (C=O) groups excluding carboxylic acids is 3. The van der Waals surface area contributed by atoms with E-state index in [1.807, 2.05) is 7.05 Å². The molecule has 3 N–H and O–H groups in total. The highest BCUT2D eigenvalue weighted by molar-refractivity contribution is 5.97. The fraction of sp³-hybridized carbons (Fsp3) is 0.471. The third kappa shape index (κ3) is 6.78. The first kappa shape index (κ1) is 19.6. The molecule has 0 aromatic heterocycles. The summed E-state index contributed by atoms with van der Waals surface area (Å²) in [6.07, 6.45) is 1.19. The Bertz CT molecular complexity index is 557. The van der Waals surface area contributed by atoms with Crippen LogP contribution < -0.4 is 16.0 Å². The molecule has 1 atom stereocenters. The number of hydrogen-bond acceptors (Lipinski definition) is 5. The molecule has 132 valence electrons. The van der Waals surface area contributed by atoms with Crippen molar-refractivity contribution in [2.24, 2.45) is 0 Å². The van der Waals surface area contributed by atoms with Crippen molar-refractivity contribution in [2.75, 3.05) is 25.5 Å². The zero-order valence-corrected chi connectivity index (χ0v) is 14.3. The molecule has 1 unspecified atom stereocenters. The largest absolute Gasteiger partial charge is 0.464 e. The summed E-state index contributed by atoms with van der Waals surface area (Å²) in [5, 5.41) is 8.32. The number of carbonyl (C=O) groups is 3. The topological polar surface area (TPSA) is 96.5 Å². The highest BCUT2D eigenvalue weighted by Gasteiger charge is 2.17. The van der Waals surface area contributed by atoms with E-state index in [-0.39, 0.29) is 18.4 Å². The third-order valence-electron chi connectivity index (χ3n) is 3.25. The Kier molecular flexibility index (Phi) is 8.49. The number of anilines is 1. The molecule has 2 amide bonds. The minimum Gasteiger partial charge on any atom is -0.464 e. The zero-order valence-electron chi connectivity index (χ0n) is 14.3. The van der Waals surface area contributed by atoms with Crippen LogP contribution in [0.1, 0.15) is 37.0 Å². The SMILES string of the molecule is CCOC(=O)C(C)NC(=O)c1ccc(NC(=O)CCCNC)cc1. The number of esters is 1. The van der Waals surface area contributed by atoms with Gasteiger partial charge in [-0.2, -0.15) is 0 Å². The Hall–Kier alpha value is -2.41. The maximum absolute atomic E-state index is 12.1. The minimum absolute atomic E-state index is 0.0709. The molecule has 0 aliphatic heterocycles. The Morgan fingerprint density at radius 1 is 1.17 bits per heavy atom. The lowest BCUT2D eigenvalue weighted by molar-refractivity contribution is -0.144. The first-order chi connectivity index (χ1) is 11.5. The van der Waals surface area contributed by atoms with Crippen LogP contribution in [-0.4, -0.2) is 44.0 Å². The quantitative estimate of drug-likeness (QED) is 0.467. The van der Waals surface area contributed by atoms with E-state index in [1.165, 1.54) is 0 Å². The van der Waals surface area contributed by atoms with Gasteiger partial charge in [-0.05, 0) is 58.1 Å². The fourth-order valence-electron chi connectivity index (χ4n) is 1.96. The summed E-state index contributed by atoms with van der Waals surface area (Å²) < 4.78 is 4.84. The van der Waals surface area contributed by atoms with E-state index < -0.39 is 12.0 Å². The summed E-state index contributed by atoms with van der Waals surface area (Å²) in [4.78, 5) is 35.3. The van der Waals surface area contributed by atoms with Crippen LogP contribution in [0.3, 0.4) is 0 Å². The molecule has 24 heavy (non-hydrogen) atoms. The Morgan fingerprint density at radius 3 is 2.42 bits per heavy atom. The van der Waals surface area contributed by atoms with Crippen LogP contribution in [-0.2, 0) is 14.3 Å². The summed E-state index contributed by atoms with van der Waals surface area (Å²) in [6, 6.07) is 5.77. The van der Waals surface area contributed by atoms with Crippen LogP contribution in [0, 0.1) is 0 Å². The molecule has 0 aliphatic rings. The van der Waals surface area contributed by atoms with Gasteiger partial charge in [0, 0.05) is 17.7 Å². The summed E-state index contributed by atoms with van der Waals surface area (Å²) in [5.74, 6) is -0.919. The molecule has 7 heteroatoms. The van der Waals surface area contributed by atoms with Gasteiger partial charge in [-0.25, -0.2) is 4.79 Å². The van der Waals surface area contributed by atoms with E-state index in [4.69, 9.17) is 4.74 Å². The van der Waals surface area contributed by atoms with Crippen molar-refractivity contribution in [1.29, 1.82) is 0 Å². The van der Waals surface area contributed by atoms with Crippen molar-refractivity contribution in [1.82, 2.24) is 10.6 Å². The maximum atomic E-state index is 12.1. The van der Waals surface area contributed by atoms with Crippen LogP contribution in [0.15, 0.2) is 24.3 Å². The Labute approximate surface area is 142 Å². The van der Waals surface area contributed by atoms with E-state index in [1.54, 1.807) is 38.1 Å². The second kappa shape index (κ2) is 10.4. The normalized spacial score (nSPS) is 11.5. The van der Waals surface area contributed by atoms with Crippen molar-refractivity contribution in [3.8, 4) is 0 Å². The Balaban J connectivity index is 2.52. The van der Waals surface area contributed by atoms with Crippen molar-refractivity contribution >= 4 is 23.5 Å². The highest BCUT2D eigenvalue weighted by atomic mass is 16.5. The Morgan fingerprint density at radius 2 is 1.83 bits per heavy atom. The second-order valence-electron chi connectivity index (χ2n) is 5.28. The van der Waals surface area contributed by atoms with Crippen LogP contribution in [0.5, 0.6) is 0 Å². The summed E-state index contributed by atoms with van der Waals surface area (Å²) in [5.41, 5.74) is 1.03. The molecule has 1 aromatic carbocycles. The third-order valence-corrected chi connectivity index (χ3v) is 3.25. The van der Waals surface area contributed by atoms with E-state index in [2.05, 4.69) is 16.0 Å². The van der Waals surface area contributed by atoms with Gasteiger partial charge in [0.25, 0.3) is 5.91 Å². The monoisotopic (exact) mass is 335 g/mol. The molecule has 0 radical (unpaired) electrons. The standard InChI is InChI=1S/C17H25N3O4/c1-4-24-17(23)12(2)19-16(22)13-7-9-14(10-8-13)20-15(21)6-5-11-18-3/h7-10,12,18H,4-6,11H2,1-3H3,(H,19,22)(H,20,21). The van der Waals surface area contributed by atoms with Gasteiger partial charge >= 0.3 is 5.97 Å². The number of hydrogen-bond donors (Lipinski definition) is 3. The lowest BCUT2D eigenvalue weighted by atomic mass is 10.1. The van der Waals surface area contributed by atoms with Gasteiger partial charge in [-0.15, -0.1) is 0 Å². The van der Waals surface area contributed by atoms with Crippen molar-refractivity contribution in [3.05, 3.63) is 29.8 Å². The number of rotatable bonds is 9. The van der Waals surface area contributed by atoms with Crippen LogP contribution in [0.25, 0.3) is 0 Å². The van der Waals surface area contributed by atoms with Crippen molar-refractivity contribution in [2.45, 2.75) is 32.7 Å². The summed E-state index contributed by atoms with van der Waals surface area (Å²) in [6.45, 7) is 4.32. The number of benzene rings is 1. The van der Waals surface area contributed by atoms with Gasteiger partial charge in [0.05, 0.1) is 6.61 Å². The minimum atomic E-state index is -0.719. The summed E-state index contributed by atoms with van der Waals surface area (Å²) >= 11 is 0. The zero-order chi connectivity index (χ0) is 17.9. The molecule has 0 spiro atoms. The van der Waals surface area contributed by atoms with Gasteiger partial charge in [0.1, 0.15) is 6.04 Å². The molecule has 0 aliphatic carbocycles. The highest BCUT2D eigenvalue weighted by Crippen LogP contribution is 2.10. The number of ether oxygens (including phenoxy) is 1. The fourth-order valence-corrected chi connectivity index (χ4v) is 1.96. The van der Waals surface area contributed by atoms with Gasteiger partial charge in [0.15, 0.2) is 0 Å². The second-order valence-corrected chi connectivity index (χ2v) is 5.28. The van der Waals surface area contributed by atoms with Gasteiger partial charge in [0.2, 0.25) is 5.91 Å². The van der Waals surface area contributed by atoms with Gasteiger partial charge < -0.3 is 20.7 Å². The van der Waals surface area contributed by atoms with E-state index in [9.17, 15) is 14.4 Å². The predicted octanol–water partition coefficient (Wildman–Crippen LogP) is 1.31. The predicted molar refractivity (Wildman–Crippen MR) is 91.8 cm³/mol. The molecule has 0 saturated heterocycles. The van der Waals surface area contributed by atoms with Gasteiger partial charge in [-0.1, -0.05) is 0 Å². The lowest BCUT2D eigenvalue weighted by Gasteiger charge is -2.13. The van der Waals surface area contributed by atoms with Crippen LogP contribution in [0.4, 0.5) is 5.69 Å². The average Bonchev–Trinajstić information content (AvgIpc) is 2.55. The van der Waals surface area contributed by atoms with E-state index in [0.29, 0.717) is 17.7 Å².